The second-order valence-corrected chi connectivity index (χ2v) is 6.77. The molecule has 1 aromatic carbocycles. The summed E-state index contributed by atoms with van der Waals surface area (Å²) in [6.07, 6.45) is -0.244. The predicted molar refractivity (Wildman–Crippen MR) is 109 cm³/mol. The molecule has 166 valence electrons. The number of benzene rings is 1. The zero-order valence-electron chi connectivity index (χ0n) is 16.3. The van der Waals surface area contributed by atoms with Crippen molar-refractivity contribution >= 4 is 36.6 Å². The van der Waals surface area contributed by atoms with Crippen molar-refractivity contribution < 1.29 is 22.8 Å². The first-order valence-corrected chi connectivity index (χ1v) is 8.87. The van der Waals surface area contributed by atoms with Crippen molar-refractivity contribution in [1.29, 1.82) is 0 Å². The van der Waals surface area contributed by atoms with E-state index in [-0.39, 0.29) is 55.0 Å². The summed E-state index contributed by atoms with van der Waals surface area (Å²) in [6, 6.07) is -0.192. The fourth-order valence-electron chi connectivity index (χ4n) is 3.04. The van der Waals surface area contributed by atoms with Gasteiger partial charge in [0.05, 0.1) is 0 Å². The zero-order chi connectivity index (χ0) is 20.1. The van der Waals surface area contributed by atoms with Crippen molar-refractivity contribution in [3.63, 3.8) is 0 Å². The van der Waals surface area contributed by atoms with Gasteiger partial charge in [0, 0.05) is 38.2 Å². The van der Waals surface area contributed by atoms with E-state index in [1.807, 2.05) is 18.9 Å². The average molecular weight is 459 g/mol. The Kier molecular flexibility index (Phi) is 11.6. The lowest BCUT2D eigenvalue weighted by molar-refractivity contribution is -0.144. The molecule has 1 aliphatic rings. The van der Waals surface area contributed by atoms with Gasteiger partial charge in [-0.25, -0.2) is 13.2 Å². The molecule has 0 aliphatic carbocycles. The number of carbonyl (C=O) groups is 2. The van der Waals surface area contributed by atoms with Gasteiger partial charge in [0.2, 0.25) is 11.8 Å². The minimum absolute atomic E-state index is 0. The van der Waals surface area contributed by atoms with E-state index in [0.29, 0.717) is 25.7 Å². The Bertz CT molecular complexity index is 712. The van der Waals surface area contributed by atoms with Gasteiger partial charge in [0.15, 0.2) is 11.6 Å². The number of hydrogen-bond donors (Lipinski definition) is 2. The molecule has 11 heteroatoms. The van der Waals surface area contributed by atoms with Gasteiger partial charge in [0.25, 0.3) is 0 Å². The highest BCUT2D eigenvalue weighted by atomic mass is 35.5. The van der Waals surface area contributed by atoms with Crippen LogP contribution >= 0.6 is 24.8 Å². The number of hydrogen-bond acceptors (Lipinski definition) is 4. The van der Waals surface area contributed by atoms with Gasteiger partial charge in [-0.2, -0.15) is 0 Å². The molecule has 0 radical (unpaired) electrons. The molecule has 1 aromatic rings. The van der Waals surface area contributed by atoms with E-state index in [9.17, 15) is 22.8 Å². The number of nitrogens with one attached hydrogen (secondary N) is 1. The number of piperazine rings is 1. The van der Waals surface area contributed by atoms with E-state index in [1.165, 1.54) is 4.90 Å². The molecule has 29 heavy (non-hydrogen) atoms. The van der Waals surface area contributed by atoms with Crippen molar-refractivity contribution in [2.24, 2.45) is 5.73 Å². The summed E-state index contributed by atoms with van der Waals surface area (Å²) >= 11 is 0. The van der Waals surface area contributed by atoms with Crippen LogP contribution < -0.4 is 11.1 Å². The fraction of sp³-hybridized carbons (Fsp3) is 0.556. The van der Waals surface area contributed by atoms with E-state index in [4.69, 9.17) is 5.73 Å². The summed E-state index contributed by atoms with van der Waals surface area (Å²) < 4.78 is 40.1. The lowest BCUT2D eigenvalue weighted by Gasteiger charge is -2.37. The van der Waals surface area contributed by atoms with E-state index in [2.05, 4.69) is 5.32 Å². The highest BCUT2D eigenvalue weighted by Gasteiger charge is 2.34. The minimum Gasteiger partial charge on any atom is -0.352 e. The van der Waals surface area contributed by atoms with Crippen molar-refractivity contribution in [3.8, 4) is 0 Å². The second-order valence-electron chi connectivity index (χ2n) is 6.77. The first-order valence-electron chi connectivity index (χ1n) is 8.87. The molecule has 1 fully saturated rings. The van der Waals surface area contributed by atoms with Crippen LogP contribution in [0.25, 0.3) is 0 Å². The average Bonchev–Trinajstić information content (AvgIpc) is 2.61. The third-order valence-electron chi connectivity index (χ3n) is 4.68. The van der Waals surface area contributed by atoms with Crippen LogP contribution in [0.1, 0.15) is 18.9 Å². The Morgan fingerprint density at radius 3 is 2.52 bits per heavy atom. The highest BCUT2D eigenvalue weighted by molar-refractivity contribution is 5.89. The lowest BCUT2D eigenvalue weighted by Crippen LogP contribution is -2.61. The predicted octanol–water partition coefficient (Wildman–Crippen LogP) is 1.49. The fourth-order valence-corrected chi connectivity index (χ4v) is 3.04. The topological polar surface area (TPSA) is 78.7 Å². The standard InChI is InChI=1S/C18H25F3N4O2.2ClH/c1-3-24(2)10-16-18(27)23-4-5-25(16)17(26)8-12(22)6-11-7-14(20)15(21)9-13(11)19;;/h7,9,12,16H,3-6,8,10,22H2,1-2H3,(H,23,27);2*1H/t12-,16-;;/m1../s1. The highest BCUT2D eigenvalue weighted by Crippen LogP contribution is 2.17. The largest absolute Gasteiger partial charge is 0.352 e. The Morgan fingerprint density at radius 2 is 1.90 bits per heavy atom. The van der Waals surface area contributed by atoms with Gasteiger partial charge in [-0.15, -0.1) is 24.8 Å². The molecule has 2 amide bonds. The summed E-state index contributed by atoms with van der Waals surface area (Å²) in [5.41, 5.74) is 5.85. The van der Waals surface area contributed by atoms with Crippen LogP contribution in [0, 0.1) is 17.5 Å². The number of nitrogens with zero attached hydrogens (tertiary/aromatic N) is 2. The van der Waals surface area contributed by atoms with Crippen LogP contribution in [0.2, 0.25) is 0 Å². The first kappa shape index (κ1) is 27.5. The van der Waals surface area contributed by atoms with E-state index in [1.54, 1.807) is 0 Å². The molecular weight excluding hydrogens is 432 g/mol. The Morgan fingerprint density at radius 1 is 1.28 bits per heavy atom. The van der Waals surface area contributed by atoms with Gasteiger partial charge in [0.1, 0.15) is 11.9 Å². The monoisotopic (exact) mass is 458 g/mol. The van der Waals surface area contributed by atoms with Crippen molar-refractivity contribution in [2.45, 2.75) is 31.8 Å². The van der Waals surface area contributed by atoms with E-state index < -0.39 is 29.5 Å². The van der Waals surface area contributed by atoms with Crippen LogP contribution in [0.15, 0.2) is 12.1 Å². The summed E-state index contributed by atoms with van der Waals surface area (Å²) in [5.74, 6) is -3.90. The van der Waals surface area contributed by atoms with Crippen LogP contribution in [-0.4, -0.2) is 66.9 Å². The Balaban J connectivity index is 0.00000392. The first-order chi connectivity index (χ1) is 12.7. The van der Waals surface area contributed by atoms with Crippen LogP contribution in [-0.2, 0) is 16.0 Å². The van der Waals surface area contributed by atoms with Gasteiger partial charge in [-0.3, -0.25) is 9.59 Å². The summed E-state index contributed by atoms with van der Waals surface area (Å²) in [6.45, 7) is 3.77. The molecular formula is C18H27Cl2F3N4O2. The Labute approximate surface area is 180 Å². The van der Waals surface area contributed by atoms with Crippen molar-refractivity contribution in [1.82, 2.24) is 15.1 Å². The molecule has 1 aliphatic heterocycles. The van der Waals surface area contributed by atoms with Crippen LogP contribution in [0.3, 0.4) is 0 Å². The molecule has 6 nitrogen and oxygen atoms in total. The van der Waals surface area contributed by atoms with Gasteiger partial charge < -0.3 is 20.9 Å². The molecule has 1 heterocycles. The number of carbonyl (C=O) groups excluding carboxylic acids is 2. The zero-order valence-corrected chi connectivity index (χ0v) is 17.9. The van der Waals surface area contributed by atoms with E-state index in [0.717, 1.165) is 12.6 Å². The van der Waals surface area contributed by atoms with Gasteiger partial charge in [-0.1, -0.05) is 6.92 Å². The van der Waals surface area contributed by atoms with Crippen molar-refractivity contribution in [2.75, 3.05) is 33.2 Å². The molecule has 2 rings (SSSR count). The maximum atomic E-state index is 13.8. The number of halogens is 5. The molecule has 0 bridgehead atoms. The number of rotatable bonds is 7. The lowest BCUT2D eigenvalue weighted by atomic mass is 10.0. The molecule has 2 atom stereocenters. The minimum atomic E-state index is -1.27. The van der Waals surface area contributed by atoms with Gasteiger partial charge in [-0.05, 0) is 31.6 Å². The summed E-state index contributed by atoms with van der Waals surface area (Å²) in [5, 5.41) is 2.74. The summed E-state index contributed by atoms with van der Waals surface area (Å²) in [7, 11) is 1.85. The van der Waals surface area contributed by atoms with Crippen molar-refractivity contribution in [3.05, 3.63) is 35.1 Å². The quantitative estimate of drug-likeness (QED) is 0.606. The molecule has 1 saturated heterocycles. The normalized spacial score (nSPS) is 17.3. The second kappa shape index (κ2) is 12.2. The van der Waals surface area contributed by atoms with Crippen LogP contribution in [0.4, 0.5) is 13.2 Å². The van der Waals surface area contributed by atoms with Gasteiger partial charge >= 0.3 is 0 Å². The molecule has 3 N–H and O–H groups in total. The SMILES string of the molecule is CCN(C)C[C@@H]1C(=O)NCCN1C(=O)C[C@H](N)Cc1cc(F)c(F)cc1F.Cl.Cl. The smallest absolute Gasteiger partial charge is 0.244 e. The third-order valence-corrected chi connectivity index (χ3v) is 4.68. The molecule has 0 unspecified atom stereocenters. The molecule has 0 aromatic heterocycles. The maximum Gasteiger partial charge on any atom is 0.244 e. The number of amides is 2. The maximum absolute atomic E-state index is 13.8. The van der Waals surface area contributed by atoms with Crippen LogP contribution in [0.5, 0.6) is 0 Å². The third kappa shape index (κ3) is 7.33. The number of nitrogens with two attached hydrogens (primary N) is 1. The molecule has 0 saturated carbocycles. The Hall–Kier alpha value is -1.55. The summed E-state index contributed by atoms with van der Waals surface area (Å²) in [4.78, 5) is 28.2. The molecule has 0 spiro atoms. The van der Waals surface area contributed by atoms with E-state index >= 15 is 0 Å². The number of likely N-dealkylation sites (N-methyl/N-ethyl adjacent to an activating group) is 1.